The van der Waals surface area contributed by atoms with Gasteiger partial charge < -0.3 is 5.32 Å². The zero-order valence-electron chi connectivity index (χ0n) is 13.6. The van der Waals surface area contributed by atoms with Gasteiger partial charge in [0.05, 0.1) is 10.9 Å². The minimum atomic E-state index is -0.155. The molecule has 0 fully saturated rings. The van der Waals surface area contributed by atoms with Crippen LogP contribution >= 0.6 is 0 Å². The van der Waals surface area contributed by atoms with E-state index in [2.05, 4.69) is 25.3 Å². The van der Waals surface area contributed by atoms with Gasteiger partial charge >= 0.3 is 0 Å². The highest BCUT2D eigenvalue weighted by molar-refractivity contribution is 5.78. The van der Waals surface area contributed by atoms with E-state index in [-0.39, 0.29) is 5.56 Å². The van der Waals surface area contributed by atoms with E-state index in [0.29, 0.717) is 23.4 Å². The lowest BCUT2D eigenvalue weighted by Crippen LogP contribution is -2.13. The van der Waals surface area contributed by atoms with Crippen molar-refractivity contribution in [3.63, 3.8) is 0 Å². The number of fused-ring (bicyclic) bond motifs is 1. The molecule has 7 heteroatoms. The van der Waals surface area contributed by atoms with Crippen LogP contribution in [0.1, 0.15) is 11.4 Å². The summed E-state index contributed by atoms with van der Waals surface area (Å²) in [5.74, 6) is 2.14. The quantitative estimate of drug-likeness (QED) is 0.599. The largest absolute Gasteiger partial charge is 0.352 e. The Morgan fingerprint density at radius 3 is 2.80 bits per heavy atom. The number of hydrogen-bond acceptors (Lipinski definition) is 5. The number of para-hydroxylation sites is 1. The van der Waals surface area contributed by atoms with E-state index in [4.69, 9.17) is 0 Å². The number of nitrogens with one attached hydrogen (secondary N) is 2. The molecule has 124 valence electrons. The van der Waals surface area contributed by atoms with Gasteiger partial charge in [-0.3, -0.25) is 14.3 Å². The summed E-state index contributed by atoms with van der Waals surface area (Å²) in [6.45, 7) is 2.44. The Balaban J connectivity index is 1.52. The van der Waals surface area contributed by atoms with Crippen molar-refractivity contribution in [3.8, 4) is 5.82 Å². The second-order valence-electron chi connectivity index (χ2n) is 5.65. The predicted molar refractivity (Wildman–Crippen MR) is 95.8 cm³/mol. The molecule has 0 atom stereocenters. The van der Waals surface area contributed by atoms with Crippen LogP contribution in [0, 0.1) is 6.92 Å². The molecular formula is C18H16N6O. The van der Waals surface area contributed by atoms with Crippen LogP contribution < -0.4 is 10.9 Å². The molecule has 0 saturated carbocycles. The summed E-state index contributed by atoms with van der Waals surface area (Å²) in [7, 11) is 0. The van der Waals surface area contributed by atoms with Gasteiger partial charge in [0.15, 0.2) is 0 Å². The third-order valence-electron chi connectivity index (χ3n) is 3.95. The van der Waals surface area contributed by atoms with Crippen LogP contribution in [-0.2, 0) is 6.54 Å². The van der Waals surface area contributed by atoms with Crippen molar-refractivity contribution in [1.29, 1.82) is 0 Å². The zero-order chi connectivity index (χ0) is 17.2. The maximum atomic E-state index is 12.1. The molecule has 25 heavy (non-hydrogen) atoms. The van der Waals surface area contributed by atoms with Gasteiger partial charge in [0, 0.05) is 25.1 Å². The summed E-state index contributed by atoms with van der Waals surface area (Å²) in [4.78, 5) is 27.9. The van der Waals surface area contributed by atoms with Gasteiger partial charge in [0.1, 0.15) is 11.6 Å². The average Bonchev–Trinajstić information content (AvgIpc) is 3.06. The van der Waals surface area contributed by atoms with Gasteiger partial charge in [-0.2, -0.15) is 0 Å². The summed E-state index contributed by atoms with van der Waals surface area (Å²) in [5.41, 5.74) is 1.49. The highest BCUT2D eigenvalue weighted by atomic mass is 16.1. The first-order chi connectivity index (χ1) is 12.2. The Hall–Kier alpha value is -3.48. The molecule has 0 bridgehead atoms. The minimum absolute atomic E-state index is 0.155. The molecule has 0 aliphatic heterocycles. The average molecular weight is 332 g/mol. The number of rotatable bonds is 4. The smallest absolute Gasteiger partial charge is 0.260 e. The maximum Gasteiger partial charge on any atom is 0.260 e. The number of aromatic amines is 1. The first kappa shape index (κ1) is 15.1. The maximum absolute atomic E-state index is 12.1. The Kier molecular flexibility index (Phi) is 3.74. The molecule has 0 radical (unpaired) electrons. The van der Waals surface area contributed by atoms with Gasteiger partial charge in [-0.25, -0.2) is 15.0 Å². The molecule has 7 nitrogen and oxygen atoms in total. The van der Waals surface area contributed by atoms with Crippen LogP contribution in [0.3, 0.4) is 0 Å². The SMILES string of the molecule is Cc1nccn1-c1ccc(CNc2nc3ccccc3c(=O)[nH]2)cn1. The van der Waals surface area contributed by atoms with Crippen molar-refractivity contribution >= 4 is 16.9 Å². The first-order valence-electron chi connectivity index (χ1n) is 7.89. The summed E-state index contributed by atoms with van der Waals surface area (Å²) in [6, 6.07) is 11.2. The van der Waals surface area contributed by atoms with Gasteiger partial charge in [0.25, 0.3) is 5.56 Å². The molecular weight excluding hydrogens is 316 g/mol. The van der Waals surface area contributed by atoms with Crippen molar-refractivity contribution in [3.05, 3.63) is 76.7 Å². The number of H-pyrrole nitrogens is 1. The normalized spacial score (nSPS) is 10.9. The lowest BCUT2D eigenvalue weighted by molar-refractivity contribution is 0.924. The van der Waals surface area contributed by atoms with Crippen LogP contribution in [0.2, 0.25) is 0 Å². The van der Waals surface area contributed by atoms with Gasteiger partial charge in [-0.1, -0.05) is 18.2 Å². The van der Waals surface area contributed by atoms with E-state index in [0.717, 1.165) is 17.2 Å². The molecule has 3 aromatic heterocycles. The van der Waals surface area contributed by atoms with Crippen molar-refractivity contribution in [1.82, 2.24) is 24.5 Å². The van der Waals surface area contributed by atoms with E-state index >= 15 is 0 Å². The molecule has 0 saturated heterocycles. The van der Waals surface area contributed by atoms with E-state index in [9.17, 15) is 4.79 Å². The van der Waals surface area contributed by atoms with Crippen molar-refractivity contribution in [2.24, 2.45) is 0 Å². The molecule has 0 aliphatic carbocycles. The molecule has 0 unspecified atom stereocenters. The highest BCUT2D eigenvalue weighted by Crippen LogP contribution is 2.11. The fourth-order valence-corrected chi connectivity index (χ4v) is 2.64. The number of hydrogen-bond donors (Lipinski definition) is 2. The minimum Gasteiger partial charge on any atom is -0.352 e. The Labute approximate surface area is 143 Å². The molecule has 4 aromatic rings. The van der Waals surface area contributed by atoms with Crippen LogP contribution in [0.25, 0.3) is 16.7 Å². The number of benzene rings is 1. The van der Waals surface area contributed by atoms with Crippen LogP contribution in [0.5, 0.6) is 0 Å². The van der Waals surface area contributed by atoms with Crippen molar-refractivity contribution in [2.45, 2.75) is 13.5 Å². The standard InChI is InChI=1S/C18H16N6O/c1-12-19-8-9-24(12)16-7-6-13(10-20-16)11-21-18-22-15-5-3-2-4-14(15)17(25)23-18/h2-10H,11H2,1H3,(H2,21,22,23,25). The number of anilines is 1. The Bertz CT molecular complexity index is 1080. The summed E-state index contributed by atoms with van der Waals surface area (Å²) in [6.07, 6.45) is 5.41. The van der Waals surface area contributed by atoms with Gasteiger partial charge in [-0.05, 0) is 30.7 Å². The highest BCUT2D eigenvalue weighted by Gasteiger charge is 2.04. The zero-order valence-corrected chi connectivity index (χ0v) is 13.6. The molecule has 3 heterocycles. The molecule has 4 rings (SSSR count). The van der Waals surface area contributed by atoms with Crippen molar-refractivity contribution in [2.75, 3.05) is 5.32 Å². The van der Waals surface area contributed by atoms with Crippen molar-refractivity contribution < 1.29 is 0 Å². The van der Waals surface area contributed by atoms with Gasteiger partial charge in [0.2, 0.25) is 5.95 Å². The second kappa shape index (κ2) is 6.20. The molecule has 0 aliphatic rings. The lowest BCUT2D eigenvalue weighted by atomic mass is 10.2. The fourth-order valence-electron chi connectivity index (χ4n) is 2.64. The molecule has 0 spiro atoms. The first-order valence-corrected chi connectivity index (χ1v) is 7.89. The van der Waals surface area contributed by atoms with E-state index in [1.165, 1.54) is 0 Å². The monoisotopic (exact) mass is 332 g/mol. The topological polar surface area (TPSA) is 88.5 Å². The third-order valence-corrected chi connectivity index (χ3v) is 3.95. The number of imidazole rings is 1. The lowest BCUT2D eigenvalue weighted by Gasteiger charge is -2.08. The third kappa shape index (κ3) is 2.99. The number of aryl methyl sites for hydroxylation is 1. The summed E-state index contributed by atoms with van der Waals surface area (Å²) < 4.78 is 1.92. The second-order valence-corrected chi connectivity index (χ2v) is 5.65. The van der Waals surface area contributed by atoms with E-state index in [1.54, 1.807) is 18.5 Å². The predicted octanol–water partition coefficient (Wildman–Crippen LogP) is 2.42. The number of nitrogens with zero attached hydrogens (tertiary/aromatic N) is 4. The van der Waals surface area contributed by atoms with Gasteiger partial charge in [-0.15, -0.1) is 0 Å². The summed E-state index contributed by atoms with van der Waals surface area (Å²) >= 11 is 0. The Morgan fingerprint density at radius 2 is 2.04 bits per heavy atom. The number of aromatic nitrogens is 5. The Morgan fingerprint density at radius 1 is 1.16 bits per heavy atom. The van der Waals surface area contributed by atoms with Crippen LogP contribution in [-0.4, -0.2) is 24.5 Å². The van der Waals surface area contributed by atoms with E-state index in [1.807, 2.05) is 48.0 Å². The molecule has 1 aromatic carbocycles. The number of pyridine rings is 1. The molecule has 2 N–H and O–H groups in total. The van der Waals surface area contributed by atoms with E-state index < -0.39 is 0 Å². The molecule has 0 amide bonds. The van der Waals surface area contributed by atoms with Crippen LogP contribution in [0.4, 0.5) is 5.95 Å². The summed E-state index contributed by atoms with van der Waals surface area (Å²) in [5, 5.41) is 3.71. The van der Waals surface area contributed by atoms with Crippen LogP contribution in [0.15, 0.2) is 59.8 Å². The fraction of sp³-hybridized carbons (Fsp3) is 0.111.